The summed E-state index contributed by atoms with van der Waals surface area (Å²) in [6, 6.07) is 22.0. The van der Waals surface area contributed by atoms with Gasteiger partial charge in [0.25, 0.3) is 0 Å². The molecule has 1 saturated heterocycles. The van der Waals surface area contributed by atoms with Crippen molar-refractivity contribution < 1.29 is 19.0 Å². The number of esters is 1. The molecule has 3 unspecified atom stereocenters. The molecule has 3 rings (SSSR count). The minimum Gasteiger partial charge on any atom is -0.497 e. The number of carbonyl (C=O) groups excluding carboxylic acids is 1. The van der Waals surface area contributed by atoms with Gasteiger partial charge in [0.15, 0.2) is 5.41 Å². The molecule has 172 valence electrons. The second kappa shape index (κ2) is 11.5. The van der Waals surface area contributed by atoms with Crippen LogP contribution in [0.25, 0.3) is 0 Å². The summed E-state index contributed by atoms with van der Waals surface area (Å²) in [6.45, 7) is 2.73. The first-order valence-electron chi connectivity index (χ1n) is 11.3. The van der Waals surface area contributed by atoms with E-state index in [1.165, 1.54) is 0 Å². The maximum absolute atomic E-state index is 12.5. The summed E-state index contributed by atoms with van der Waals surface area (Å²) in [5.41, 5.74) is 0.598. The lowest BCUT2D eigenvalue weighted by atomic mass is 9.64. The van der Waals surface area contributed by atoms with Gasteiger partial charge in [-0.05, 0) is 43.0 Å². The maximum Gasteiger partial charge on any atom is 0.306 e. The molecule has 0 N–H and O–H groups in total. The molecule has 0 radical (unpaired) electrons. The zero-order valence-electron chi connectivity index (χ0n) is 19.2. The fraction of sp³-hybridized carbons (Fsp3) is 0.444. The number of nitrogens with zero attached hydrogens (tertiary/aromatic N) is 2. The van der Waals surface area contributed by atoms with Crippen molar-refractivity contribution in [2.45, 2.75) is 38.0 Å². The van der Waals surface area contributed by atoms with Crippen molar-refractivity contribution in [3.63, 3.8) is 0 Å². The molecular weight excluding hydrogens is 416 g/mol. The summed E-state index contributed by atoms with van der Waals surface area (Å²) in [7, 11) is 1.62. The van der Waals surface area contributed by atoms with Crippen molar-refractivity contribution in [2.75, 3.05) is 26.9 Å². The Morgan fingerprint density at radius 2 is 1.82 bits per heavy atom. The molecule has 0 spiro atoms. The van der Waals surface area contributed by atoms with Crippen LogP contribution in [0.5, 0.6) is 5.75 Å². The van der Waals surface area contributed by atoms with Crippen LogP contribution in [0, 0.1) is 34.0 Å². The van der Waals surface area contributed by atoms with Crippen molar-refractivity contribution in [1.82, 2.24) is 0 Å². The second-order valence-corrected chi connectivity index (χ2v) is 8.40. The number of hydrogen-bond acceptors (Lipinski definition) is 6. The molecule has 2 aromatic carbocycles. The van der Waals surface area contributed by atoms with Crippen LogP contribution in [0.4, 0.5) is 0 Å². The quantitative estimate of drug-likeness (QED) is 0.581. The summed E-state index contributed by atoms with van der Waals surface area (Å²) in [5.74, 6) is -0.446. The number of carbonyl (C=O) groups is 1. The Bertz CT molecular complexity index is 995. The van der Waals surface area contributed by atoms with Gasteiger partial charge in [0, 0.05) is 17.8 Å². The normalized spacial score (nSPS) is 22.5. The van der Waals surface area contributed by atoms with Crippen LogP contribution >= 0.6 is 0 Å². The van der Waals surface area contributed by atoms with E-state index in [4.69, 9.17) is 14.2 Å². The molecule has 3 atom stereocenters. The molecule has 1 aliphatic rings. The third kappa shape index (κ3) is 5.72. The van der Waals surface area contributed by atoms with E-state index in [2.05, 4.69) is 12.1 Å². The molecule has 6 nitrogen and oxygen atoms in total. The molecule has 0 bridgehead atoms. The lowest BCUT2D eigenvalue weighted by Gasteiger charge is -2.35. The highest BCUT2D eigenvalue weighted by Crippen LogP contribution is 2.48. The largest absolute Gasteiger partial charge is 0.497 e. The number of ether oxygens (including phenoxy) is 3. The van der Waals surface area contributed by atoms with E-state index in [9.17, 15) is 15.3 Å². The fourth-order valence-electron chi connectivity index (χ4n) is 4.76. The number of methoxy groups -OCH3 is 1. The Morgan fingerprint density at radius 1 is 1.09 bits per heavy atom. The van der Waals surface area contributed by atoms with Crippen LogP contribution in [0.3, 0.4) is 0 Å². The highest BCUT2D eigenvalue weighted by Gasteiger charge is 2.46. The smallest absolute Gasteiger partial charge is 0.306 e. The van der Waals surface area contributed by atoms with Gasteiger partial charge in [-0.1, -0.05) is 42.5 Å². The lowest BCUT2D eigenvalue weighted by molar-refractivity contribution is -0.145. The third-order valence-corrected chi connectivity index (χ3v) is 6.40. The van der Waals surface area contributed by atoms with Crippen LogP contribution in [0.15, 0.2) is 54.6 Å². The minimum absolute atomic E-state index is 0.000980. The van der Waals surface area contributed by atoms with Crippen molar-refractivity contribution in [1.29, 1.82) is 10.5 Å². The number of hydrogen-bond donors (Lipinski definition) is 0. The summed E-state index contributed by atoms with van der Waals surface area (Å²) in [4.78, 5) is 12.5. The first kappa shape index (κ1) is 24.3. The van der Waals surface area contributed by atoms with E-state index in [1.807, 2.05) is 54.6 Å². The van der Waals surface area contributed by atoms with Crippen LogP contribution in [-0.2, 0) is 14.3 Å². The van der Waals surface area contributed by atoms with Crippen LogP contribution in [-0.4, -0.2) is 32.9 Å². The molecule has 0 aliphatic carbocycles. The fourth-order valence-corrected chi connectivity index (χ4v) is 4.76. The van der Waals surface area contributed by atoms with E-state index in [0.29, 0.717) is 19.4 Å². The Labute approximate surface area is 195 Å². The SMILES string of the molecule is CCOC(=O)CC1COCC(c2cccc(OC)c2)CCC(C#N)(C#N)C1c1ccccc1. The van der Waals surface area contributed by atoms with Gasteiger partial charge in [-0.15, -0.1) is 0 Å². The standard InChI is InChI=1S/C27H30N2O4/c1-3-33-25(30)15-23-17-32-16-22(21-10-7-11-24(14-21)31-2)12-13-27(18-28,19-29)26(23)20-8-5-4-6-9-20/h4-11,14,22-23,26H,3,12-13,15-17H2,1-2H3. The third-order valence-electron chi connectivity index (χ3n) is 6.40. The molecule has 2 aromatic rings. The number of benzene rings is 2. The average molecular weight is 447 g/mol. The van der Waals surface area contributed by atoms with E-state index < -0.39 is 11.3 Å². The summed E-state index contributed by atoms with van der Waals surface area (Å²) in [5, 5.41) is 20.7. The first-order valence-corrected chi connectivity index (χ1v) is 11.3. The van der Waals surface area contributed by atoms with Crippen molar-refractivity contribution in [3.8, 4) is 17.9 Å². The van der Waals surface area contributed by atoms with Crippen LogP contribution in [0.1, 0.15) is 49.1 Å². The van der Waals surface area contributed by atoms with Crippen LogP contribution < -0.4 is 4.74 Å². The summed E-state index contributed by atoms with van der Waals surface area (Å²) >= 11 is 0. The van der Waals surface area contributed by atoms with E-state index >= 15 is 0 Å². The topological polar surface area (TPSA) is 92.3 Å². The molecule has 0 aromatic heterocycles. The first-order chi connectivity index (χ1) is 16.1. The highest BCUT2D eigenvalue weighted by molar-refractivity contribution is 5.70. The lowest BCUT2D eigenvalue weighted by Crippen LogP contribution is -2.35. The van der Waals surface area contributed by atoms with Crippen LogP contribution in [0.2, 0.25) is 0 Å². The number of rotatable bonds is 6. The Morgan fingerprint density at radius 3 is 2.48 bits per heavy atom. The monoisotopic (exact) mass is 446 g/mol. The average Bonchev–Trinajstić information content (AvgIpc) is 2.92. The summed E-state index contributed by atoms with van der Waals surface area (Å²) < 4.78 is 16.7. The van der Waals surface area contributed by atoms with Crippen molar-refractivity contribution in [2.24, 2.45) is 11.3 Å². The van der Waals surface area contributed by atoms with Gasteiger partial charge in [-0.2, -0.15) is 10.5 Å². The second-order valence-electron chi connectivity index (χ2n) is 8.40. The Kier molecular flexibility index (Phi) is 8.46. The maximum atomic E-state index is 12.5. The van der Waals surface area contributed by atoms with Crippen molar-refractivity contribution in [3.05, 3.63) is 65.7 Å². The van der Waals surface area contributed by atoms with Gasteiger partial charge in [0.05, 0.1) is 45.5 Å². The molecule has 6 heteroatoms. The van der Waals surface area contributed by atoms with Gasteiger partial charge in [-0.25, -0.2) is 0 Å². The van der Waals surface area contributed by atoms with Gasteiger partial charge < -0.3 is 14.2 Å². The van der Waals surface area contributed by atoms with Gasteiger partial charge in [0.1, 0.15) is 5.75 Å². The van der Waals surface area contributed by atoms with E-state index in [-0.39, 0.29) is 37.4 Å². The molecular formula is C27H30N2O4. The zero-order valence-corrected chi connectivity index (χ0v) is 19.2. The molecule has 33 heavy (non-hydrogen) atoms. The molecule has 1 fully saturated rings. The van der Waals surface area contributed by atoms with Gasteiger partial charge in [-0.3, -0.25) is 4.79 Å². The summed E-state index contributed by atoms with van der Waals surface area (Å²) in [6.07, 6.45) is 1.05. The minimum atomic E-state index is -1.30. The van der Waals surface area contributed by atoms with Gasteiger partial charge >= 0.3 is 5.97 Å². The van der Waals surface area contributed by atoms with Crippen molar-refractivity contribution >= 4 is 5.97 Å². The molecule has 1 aliphatic heterocycles. The zero-order chi connectivity index (χ0) is 23.7. The number of nitriles is 2. The van der Waals surface area contributed by atoms with E-state index in [1.54, 1.807) is 14.0 Å². The van der Waals surface area contributed by atoms with Gasteiger partial charge in [0.2, 0.25) is 0 Å². The molecule has 0 saturated carbocycles. The predicted molar refractivity (Wildman–Crippen MR) is 123 cm³/mol. The Balaban J connectivity index is 2.02. The highest BCUT2D eigenvalue weighted by atomic mass is 16.5. The molecule has 1 heterocycles. The predicted octanol–water partition coefficient (Wildman–Crippen LogP) is 4.98. The molecule has 0 amide bonds. The Hall–Kier alpha value is -3.35. The van der Waals surface area contributed by atoms with E-state index in [0.717, 1.165) is 16.9 Å².